The summed E-state index contributed by atoms with van der Waals surface area (Å²) in [5.41, 5.74) is -0.0868. The van der Waals surface area contributed by atoms with Gasteiger partial charge in [0.2, 0.25) is 0 Å². The van der Waals surface area contributed by atoms with Gasteiger partial charge in [-0.3, -0.25) is 0 Å². The molecule has 0 aromatic carbocycles. The largest absolute Gasteiger partial charge is 0.394 e. The smallest absolute Gasteiger partial charge is 0.0876 e. The monoisotopic (exact) mass is 169 g/mol. The van der Waals surface area contributed by atoms with Crippen molar-refractivity contribution in [1.82, 2.24) is 15.0 Å². The van der Waals surface area contributed by atoms with Crippen LogP contribution in [0.5, 0.6) is 0 Å². The van der Waals surface area contributed by atoms with Gasteiger partial charge >= 0.3 is 0 Å². The summed E-state index contributed by atoms with van der Waals surface area (Å²) in [5, 5.41) is 16.4. The first-order chi connectivity index (χ1) is 5.87. The van der Waals surface area contributed by atoms with Gasteiger partial charge in [0.25, 0.3) is 0 Å². The van der Waals surface area contributed by atoms with Crippen LogP contribution in [0.4, 0.5) is 0 Å². The first kappa shape index (κ1) is 9.19. The van der Waals surface area contributed by atoms with Gasteiger partial charge in [-0.25, -0.2) is 4.68 Å². The number of hydrogen-bond acceptors (Lipinski definition) is 3. The first-order valence-corrected chi connectivity index (χ1v) is 4.35. The van der Waals surface area contributed by atoms with Crippen molar-refractivity contribution in [3.8, 4) is 0 Å². The molecule has 1 fully saturated rings. The van der Waals surface area contributed by atoms with E-state index < -0.39 is 0 Å². The summed E-state index contributed by atoms with van der Waals surface area (Å²) in [7, 11) is 0. The van der Waals surface area contributed by atoms with Crippen LogP contribution in [0.15, 0.2) is 12.4 Å². The van der Waals surface area contributed by atoms with E-state index in [1.54, 1.807) is 17.1 Å². The third-order valence-electron chi connectivity index (χ3n) is 2.03. The van der Waals surface area contributed by atoms with Gasteiger partial charge in [0.05, 0.1) is 18.3 Å². The molecule has 68 valence electrons. The van der Waals surface area contributed by atoms with E-state index in [0.29, 0.717) is 0 Å². The van der Waals surface area contributed by atoms with E-state index in [0.717, 1.165) is 12.8 Å². The van der Waals surface area contributed by atoms with E-state index in [9.17, 15) is 0 Å². The summed E-state index contributed by atoms with van der Waals surface area (Å²) in [6.07, 6.45) is 5.47. The molecule has 2 rings (SSSR count). The second-order valence-electron chi connectivity index (χ2n) is 2.73. The van der Waals surface area contributed by atoms with E-state index in [1.165, 1.54) is 0 Å². The van der Waals surface area contributed by atoms with Crippen LogP contribution in [-0.2, 0) is 5.54 Å². The van der Waals surface area contributed by atoms with Crippen molar-refractivity contribution >= 4 is 0 Å². The Morgan fingerprint density at radius 1 is 1.50 bits per heavy atom. The van der Waals surface area contributed by atoms with Crippen molar-refractivity contribution in [2.45, 2.75) is 32.2 Å². The number of aromatic nitrogens is 3. The summed E-state index contributed by atoms with van der Waals surface area (Å²) in [6.45, 7) is 4.18. The van der Waals surface area contributed by atoms with E-state index >= 15 is 0 Å². The molecule has 1 aliphatic rings. The Labute approximate surface area is 72.2 Å². The predicted molar refractivity (Wildman–Crippen MR) is 45.7 cm³/mol. The van der Waals surface area contributed by atoms with Crippen molar-refractivity contribution < 1.29 is 5.11 Å². The Balaban J connectivity index is 0.000000336. The highest BCUT2D eigenvalue weighted by Crippen LogP contribution is 2.41. The molecule has 0 saturated heterocycles. The van der Waals surface area contributed by atoms with E-state index in [1.807, 2.05) is 13.8 Å². The maximum atomic E-state index is 8.94. The number of rotatable bonds is 2. The molecule has 0 atom stereocenters. The highest BCUT2D eigenvalue weighted by Gasteiger charge is 2.44. The fourth-order valence-electron chi connectivity index (χ4n) is 1.07. The van der Waals surface area contributed by atoms with Crippen molar-refractivity contribution in [2.24, 2.45) is 0 Å². The van der Waals surface area contributed by atoms with Gasteiger partial charge in [0, 0.05) is 6.20 Å². The lowest BCUT2D eigenvalue weighted by molar-refractivity contribution is 0.200. The normalized spacial score (nSPS) is 17.9. The third-order valence-corrected chi connectivity index (χ3v) is 2.03. The van der Waals surface area contributed by atoms with Gasteiger partial charge in [0.1, 0.15) is 0 Å². The van der Waals surface area contributed by atoms with Crippen molar-refractivity contribution in [3.05, 3.63) is 12.4 Å². The molecule has 0 radical (unpaired) electrons. The number of aliphatic hydroxyl groups is 1. The molecule has 0 unspecified atom stereocenters. The Kier molecular flexibility index (Phi) is 2.81. The number of hydrogen-bond donors (Lipinski definition) is 1. The molecule has 1 heterocycles. The number of aliphatic hydroxyl groups excluding tert-OH is 1. The van der Waals surface area contributed by atoms with Gasteiger partial charge in [-0.2, -0.15) is 0 Å². The molecule has 1 aromatic rings. The van der Waals surface area contributed by atoms with Crippen LogP contribution in [0, 0.1) is 0 Å². The van der Waals surface area contributed by atoms with Gasteiger partial charge in [-0.1, -0.05) is 19.1 Å². The predicted octanol–water partition coefficient (Wildman–Crippen LogP) is 0.786. The van der Waals surface area contributed by atoms with E-state index in [4.69, 9.17) is 5.11 Å². The topological polar surface area (TPSA) is 50.9 Å². The SMILES string of the molecule is CC.OCC1(n2ccnn2)CC1. The molecule has 1 N–H and O–H groups in total. The molecular weight excluding hydrogens is 154 g/mol. The van der Waals surface area contributed by atoms with Crippen molar-refractivity contribution in [2.75, 3.05) is 6.61 Å². The quantitative estimate of drug-likeness (QED) is 0.712. The average molecular weight is 169 g/mol. The fourth-order valence-corrected chi connectivity index (χ4v) is 1.07. The van der Waals surface area contributed by atoms with Crippen LogP contribution in [-0.4, -0.2) is 26.7 Å². The summed E-state index contributed by atoms with van der Waals surface area (Å²) >= 11 is 0. The van der Waals surface area contributed by atoms with E-state index in [-0.39, 0.29) is 12.1 Å². The maximum Gasteiger partial charge on any atom is 0.0876 e. The number of nitrogens with zero attached hydrogens (tertiary/aromatic N) is 3. The maximum absolute atomic E-state index is 8.94. The van der Waals surface area contributed by atoms with Crippen molar-refractivity contribution in [3.63, 3.8) is 0 Å². The van der Waals surface area contributed by atoms with Gasteiger partial charge in [-0.05, 0) is 12.8 Å². The summed E-state index contributed by atoms with van der Waals surface area (Å²) in [4.78, 5) is 0. The molecular formula is C8H15N3O. The zero-order valence-electron chi connectivity index (χ0n) is 7.56. The van der Waals surface area contributed by atoms with Crippen LogP contribution in [0.1, 0.15) is 26.7 Å². The second-order valence-corrected chi connectivity index (χ2v) is 2.73. The van der Waals surface area contributed by atoms with Crippen LogP contribution < -0.4 is 0 Å². The van der Waals surface area contributed by atoms with Gasteiger partial charge in [0.15, 0.2) is 0 Å². The lowest BCUT2D eigenvalue weighted by Crippen LogP contribution is -2.21. The lowest BCUT2D eigenvalue weighted by atomic mass is 10.3. The average Bonchev–Trinajstić information content (AvgIpc) is 2.76. The molecule has 4 nitrogen and oxygen atoms in total. The Morgan fingerprint density at radius 3 is 2.50 bits per heavy atom. The fraction of sp³-hybridized carbons (Fsp3) is 0.750. The Bertz CT molecular complexity index is 216. The van der Waals surface area contributed by atoms with Crippen LogP contribution in [0.25, 0.3) is 0 Å². The molecule has 0 spiro atoms. The third kappa shape index (κ3) is 1.48. The highest BCUT2D eigenvalue weighted by molar-refractivity contribution is 4.98. The second kappa shape index (κ2) is 3.67. The first-order valence-electron chi connectivity index (χ1n) is 4.35. The highest BCUT2D eigenvalue weighted by atomic mass is 16.3. The molecule has 1 aromatic heterocycles. The molecule has 0 bridgehead atoms. The standard InChI is InChI=1S/C6H9N3O.C2H6/c10-5-6(1-2-6)9-4-3-7-8-9;1-2/h3-4,10H,1-2,5H2;1-2H3. The lowest BCUT2D eigenvalue weighted by Gasteiger charge is -2.09. The zero-order chi connectivity index (χ0) is 9.03. The minimum absolute atomic E-state index is 0.0868. The van der Waals surface area contributed by atoms with Gasteiger partial charge in [-0.15, -0.1) is 5.10 Å². The van der Waals surface area contributed by atoms with Crippen LogP contribution >= 0.6 is 0 Å². The van der Waals surface area contributed by atoms with Crippen LogP contribution in [0.2, 0.25) is 0 Å². The van der Waals surface area contributed by atoms with Crippen molar-refractivity contribution in [1.29, 1.82) is 0 Å². The van der Waals surface area contributed by atoms with E-state index in [2.05, 4.69) is 10.3 Å². The summed E-state index contributed by atoms with van der Waals surface area (Å²) in [6, 6.07) is 0. The molecule has 0 amide bonds. The van der Waals surface area contributed by atoms with Crippen LogP contribution in [0.3, 0.4) is 0 Å². The Morgan fingerprint density at radius 2 is 2.17 bits per heavy atom. The van der Waals surface area contributed by atoms with Gasteiger partial charge < -0.3 is 5.11 Å². The molecule has 1 saturated carbocycles. The summed E-state index contributed by atoms with van der Waals surface area (Å²) in [5.74, 6) is 0. The molecule has 1 aliphatic carbocycles. The summed E-state index contributed by atoms with van der Waals surface area (Å²) < 4.78 is 1.74. The zero-order valence-corrected chi connectivity index (χ0v) is 7.56. The molecule has 12 heavy (non-hydrogen) atoms. The molecule has 4 heteroatoms. The Hall–Kier alpha value is -0.900. The minimum atomic E-state index is -0.0868. The minimum Gasteiger partial charge on any atom is -0.394 e. The molecule has 0 aliphatic heterocycles.